The fraction of sp³-hybridized carbons (Fsp3) is 0.455. The summed E-state index contributed by atoms with van der Waals surface area (Å²) < 4.78 is 18.2. The van der Waals surface area contributed by atoms with Gasteiger partial charge in [0.05, 0.1) is 7.11 Å². The van der Waals surface area contributed by atoms with E-state index in [1.807, 2.05) is 18.2 Å². The molecule has 1 aliphatic rings. The summed E-state index contributed by atoms with van der Waals surface area (Å²) in [5, 5.41) is 0. The van der Waals surface area contributed by atoms with Gasteiger partial charge < -0.3 is 9.64 Å². The Morgan fingerprint density at radius 2 is 1.76 bits per heavy atom. The van der Waals surface area contributed by atoms with Crippen molar-refractivity contribution in [3.8, 4) is 5.75 Å². The maximum atomic E-state index is 12.9. The van der Waals surface area contributed by atoms with Crippen LogP contribution >= 0.6 is 0 Å². The largest absolute Gasteiger partial charge is 0.497 e. The molecule has 0 unspecified atom stereocenters. The quantitative estimate of drug-likeness (QED) is 0.722. The highest BCUT2D eigenvalue weighted by Gasteiger charge is 2.18. The maximum absolute atomic E-state index is 12.9. The van der Waals surface area contributed by atoms with Gasteiger partial charge in [0.2, 0.25) is 0 Å². The van der Waals surface area contributed by atoms with Crippen molar-refractivity contribution in [3.63, 3.8) is 0 Å². The Morgan fingerprint density at radius 1 is 1.00 bits per heavy atom. The van der Waals surface area contributed by atoms with Gasteiger partial charge in [-0.1, -0.05) is 24.3 Å². The summed E-state index contributed by atoms with van der Waals surface area (Å²) in [7, 11) is 1.72. The number of benzene rings is 2. The van der Waals surface area contributed by atoms with Crippen LogP contribution in [0, 0.1) is 11.7 Å². The lowest BCUT2D eigenvalue weighted by Crippen LogP contribution is -2.35. The van der Waals surface area contributed by atoms with Gasteiger partial charge in [0, 0.05) is 6.54 Å². The van der Waals surface area contributed by atoms with Crippen molar-refractivity contribution in [1.82, 2.24) is 4.90 Å². The molecule has 0 amide bonds. The monoisotopic (exact) mass is 341 g/mol. The molecule has 2 aromatic rings. The minimum Gasteiger partial charge on any atom is -0.497 e. The number of hydrogen-bond donors (Lipinski definition) is 0. The zero-order valence-electron chi connectivity index (χ0n) is 15.1. The number of ether oxygens (including phenoxy) is 1. The third-order valence-corrected chi connectivity index (χ3v) is 5.31. The van der Waals surface area contributed by atoms with Gasteiger partial charge in [0.1, 0.15) is 11.6 Å². The Balaban J connectivity index is 1.37. The van der Waals surface area contributed by atoms with Gasteiger partial charge in [0.15, 0.2) is 0 Å². The standard InChI is InChI=1S/C22H28FNO/c1-25-22-4-2-3-20(17-22)6-5-19-12-15-24(16-13-19)14-11-18-7-9-21(23)10-8-18/h2-4,7-10,17,19H,5-6,11-16H2,1H3. The van der Waals surface area contributed by atoms with Crippen LogP contribution in [0.15, 0.2) is 48.5 Å². The highest BCUT2D eigenvalue weighted by atomic mass is 19.1. The first-order valence-electron chi connectivity index (χ1n) is 9.32. The van der Waals surface area contributed by atoms with Gasteiger partial charge >= 0.3 is 0 Å². The molecule has 1 saturated heterocycles. The molecule has 3 rings (SSSR count). The van der Waals surface area contributed by atoms with Crippen molar-refractivity contribution in [3.05, 3.63) is 65.5 Å². The molecule has 0 aromatic heterocycles. The Kier molecular flexibility index (Phi) is 6.46. The van der Waals surface area contributed by atoms with Gasteiger partial charge in [-0.15, -0.1) is 0 Å². The molecule has 3 heteroatoms. The van der Waals surface area contributed by atoms with Crippen LogP contribution in [0.3, 0.4) is 0 Å². The molecular formula is C22H28FNO. The number of nitrogens with zero attached hydrogens (tertiary/aromatic N) is 1. The van der Waals surface area contributed by atoms with Crippen molar-refractivity contribution in [1.29, 1.82) is 0 Å². The summed E-state index contributed by atoms with van der Waals surface area (Å²) in [6.07, 6.45) is 5.98. The SMILES string of the molecule is COc1cccc(CCC2CCN(CCc3ccc(F)cc3)CC2)c1. The van der Waals surface area contributed by atoms with E-state index >= 15 is 0 Å². The molecule has 1 heterocycles. The Hall–Kier alpha value is -1.87. The van der Waals surface area contributed by atoms with Crippen LogP contribution in [-0.2, 0) is 12.8 Å². The number of hydrogen-bond acceptors (Lipinski definition) is 2. The van der Waals surface area contributed by atoms with E-state index in [0.717, 1.165) is 31.1 Å². The van der Waals surface area contributed by atoms with Crippen molar-refractivity contribution < 1.29 is 9.13 Å². The topological polar surface area (TPSA) is 12.5 Å². The van der Waals surface area contributed by atoms with E-state index in [0.29, 0.717) is 0 Å². The first kappa shape index (κ1) is 17.9. The van der Waals surface area contributed by atoms with Gasteiger partial charge in [-0.2, -0.15) is 0 Å². The summed E-state index contributed by atoms with van der Waals surface area (Å²) in [6.45, 7) is 3.45. The van der Waals surface area contributed by atoms with E-state index in [9.17, 15) is 4.39 Å². The third kappa shape index (κ3) is 5.57. The second kappa shape index (κ2) is 9.00. The predicted octanol–water partition coefficient (Wildman–Crippen LogP) is 4.72. The fourth-order valence-corrected chi connectivity index (χ4v) is 3.64. The number of methoxy groups -OCH3 is 1. The summed E-state index contributed by atoms with van der Waals surface area (Å²) in [6, 6.07) is 15.3. The van der Waals surface area contributed by atoms with Gasteiger partial charge in [-0.3, -0.25) is 0 Å². The summed E-state index contributed by atoms with van der Waals surface area (Å²) in [4.78, 5) is 2.55. The molecule has 0 atom stereocenters. The van der Waals surface area contributed by atoms with E-state index in [1.54, 1.807) is 19.2 Å². The first-order valence-corrected chi connectivity index (χ1v) is 9.32. The molecule has 0 aliphatic carbocycles. The van der Waals surface area contributed by atoms with E-state index in [-0.39, 0.29) is 5.82 Å². The van der Waals surface area contributed by atoms with Crippen molar-refractivity contribution >= 4 is 0 Å². The van der Waals surface area contributed by atoms with Crippen LogP contribution in [0.1, 0.15) is 30.4 Å². The Morgan fingerprint density at radius 3 is 2.48 bits per heavy atom. The average Bonchev–Trinajstić information content (AvgIpc) is 2.67. The molecule has 2 aromatic carbocycles. The van der Waals surface area contributed by atoms with E-state index in [1.165, 1.54) is 43.5 Å². The smallest absolute Gasteiger partial charge is 0.123 e. The third-order valence-electron chi connectivity index (χ3n) is 5.31. The van der Waals surface area contributed by atoms with Crippen LogP contribution in [-0.4, -0.2) is 31.6 Å². The van der Waals surface area contributed by atoms with E-state index < -0.39 is 0 Å². The van der Waals surface area contributed by atoms with E-state index in [2.05, 4.69) is 23.1 Å². The highest BCUT2D eigenvalue weighted by molar-refractivity contribution is 5.28. The molecule has 0 N–H and O–H groups in total. The molecule has 0 spiro atoms. The predicted molar refractivity (Wildman–Crippen MR) is 101 cm³/mol. The second-order valence-electron chi connectivity index (χ2n) is 7.05. The van der Waals surface area contributed by atoms with Gasteiger partial charge in [0.25, 0.3) is 0 Å². The van der Waals surface area contributed by atoms with Crippen molar-refractivity contribution in [2.45, 2.75) is 32.1 Å². The molecule has 1 aliphatic heterocycles. The number of piperidine rings is 1. The normalized spacial score (nSPS) is 16.1. The van der Waals surface area contributed by atoms with Gasteiger partial charge in [-0.05, 0) is 86.5 Å². The Labute approximate surface area is 150 Å². The molecule has 0 radical (unpaired) electrons. The number of aryl methyl sites for hydroxylation is 1. The second-order valence-corrected chi connectivity index (χ2v) is 7.05. The molecule has 25 heavy (non-hydrogen) atoms. The van der Waals surface area contributed by atoms with Crippen molar-refractivity contribution in [2.75, 3.05) is 26.7 Å². The highest BCUT2D eigenvalue weighted by Crippen LogP contribution is 2.23. The first-order chi connectivity index (χ1) is 12.2. The van der Waals surface area contributed by atoms with Crippen LogP contribution in [0.4, 0.5) is 4.39 Å². The van der Waals surface area contributed by atoms with Crippen LogP contribution in [0.5, 0.6) is 5.75 Å². The van der Waals surface area contributed by atoms with E-state index in [4.69, 9.17) is 4.74 Å². The number of rotatable bonds is 7. The minimum atomic E-state index is -0.152. The van der Waals surface area contributed by atoms with Crippen LogP contribution in [0.2, 0.25) is 0 Å². The molecule has 0 saturated carbocycles. The minimum absolute atomic E-state index is 0.152. The molecule has 2 nitrogen and oxygen atoms in total. The summed E-state index contributed by atoms with van der Waals surface area (Å²) >= 11 is 0. The van der Waals surface area contributed by atoms with Gasteiger partial charge in [-0.25, -0.2) is 4.39 Å². The summed E-state index contributed by atoms with van der Waals surface area (Å²) in [5.74, 6) is 1.63. The number of halogens is 1. The zero-order chi connectivity index (χ0) is 17.5. The Bertz CT molecular complexity index is 647. The van der Waals surface area contributed by atoms with Crippen LogP contribution in [0.25, 0.3) is 0 Å². The lowest BCUT2D eigenvalue weighted by Gasteiger charge is -2.32. The molecular weight excluding hydrogens is 313 g/mol. The van der Waals surface area contributed by atoms with Crippen LogP contribution < -0.4 is 4.74 Å². The molecule has 1 fully saturated rings. The number of likely N-dealkylation sites (tertiary alicyclic amines) is 1. The molecule has 134 valence electrons. The molecule has 0 bridgehead atoms. The summed E-state index contributed by atoms with van der Waals surface area (Å²) in [5.41, 5.74) is 2.60. The lowest BCUT2D eigenvalue weighted by atomic mass is 9.90. The maximum Gasteiger partial charge on any atom is 0.123 e. The zero-order valence-corrected chi connectivity index (χ0v) is 15.1. The lowest BCUT2D eigenvalue weighted by molar-refractivity contribution is 0.181. The average molecular weight is 341 g/mol. The fourth-order valence-electron chi connectivity index (χ4n) is 3.64. The van der Waals surface area contributed by atoms with Crippen molar-refractivity contribution in [2.24, 2.45) is 5.92 Å².